The average Bonchev–Trinajstić information content (AvgIpc) is 2.55. The molecule has 1 unspecified atom stereocenters. The Morgan fingerprint density at radius 1 is 1.24 bits per heavy atom. The van der Waals surface area contributed by atoms with Crippen molar-refractivity contribution >= 4 is 5.91 Å². The van der Waals surface area contributed by atoms with E-state index >= 15 is 0 Å². The molecular weight excluding hydrogens is 268 g/mol. The molecule has 1 heterocycles. The predicted molar refractivity (Wildman–Crippen MR) is 81.7 cm³/mol. The minimum Gasteiger partial charge on any atom is -0.497 e. The van der Waals surface area contributed by atoms with Gasteiger partial charge in [-0.1, -0.05) is 0 Å². The number of hydrogen-bond donors (Lipinski definition) is 1. The highest BCUT2D eigenvalue weighted by molar-refractivity contribution is 5.81. The third kappa shape index (κ3) is 4.11. The number of carbonyl (C=O) groups is 1. The second kappa shape index (κ2) is 7.31. The Morgan fingerprint density at radius 3 is 2.33 bits per heavy atom. The molecule has 0 aliphatic carbocycles. The lowest BCUT2D eigenvalue weighted by Gasteiger charge is -2.33. The van der Waals surface area contributed by atoms with E-state index < -0.39 is 6.10 Å². The third-order valence-electron chi connectivity index (χ3n) is 3.93. The Hall–Kier alpha value is -1.75. The Bertz CT molecular complexity index is 453. The van der Waals surface area contributed by atoms with Crippen LogP contribution in [-0.2, 0) is 4.79 Å². The number of amides is 1. The highest BCUT2D eigenvalue weighted by Crippen LogP contribution is 2.19. The number of methoxy groups -OCH3 is 1. The number of rotatable bonds is 5. The van der Waals surface area contributed by atoms with Gasteiger partial charge in [-0.3, -0.25) is 4.79 Å². The van der Waals surface area contributed by atoms with Gasteiger partial charge in [0.15, 0.2) is 6.10 Å². The molecule has 1 aliphatic rings. The topological polar surface area (TPSA) is 50.8 Å². The monoisotopic (exact) mass is 292 g/mol. The number of hydrogen-bond acceptors (Lipinski definition) is 4. The fraction of sp³-hybridized carbons (Fsp3) is 0.562. The molecule has 0 saturated carbocycles. The lowest BCUT2D eigenvalue weighted by Crippen LogP contribution is -2.48. The van der Waals surface area contributed by atoms with Crippen LogP contribution in [0.2, 0.25) is 0 Å². The van der Waals surface area contributed by atoms with Crippen LogP contribution in [0.4, 0.5) is 0 Å². The molecule has 1 N–H and O–H groups in total. The first-order valence-corrected chi connectivity index (χ1v) is 7.40. The molecule has 5 heteroatoms. The number of carbonyl (C=O) groups excluding carboxylic acids is 1. The summed E-state index contributed by atoms with van der Waals surface area (Å²) in [5.41, 5.74) is 0. The van der Waals surface area contributed by atoms with E-state index in [1.54, 1.807) is 14.0 Å². The Morgan fingerprint density at radius 2 is 1.81 bits per heavy atom. The molecule has 21 heavy (non-hydrogen) atoms. The quantitative estimate of drug-likeness (QED) is 0.897. The summed E-state index contributed by atoms with van der Waals surface area (Å²) in [6.45, 7) is 3.39. The minimum absolute atomic E-state index is 0.0559. The summed E-state index contributed by atoms with van der Waals surface area (Å²) in [6, 6.07) is 7.80. The standard InChI is InChI=1S/C16H24N2O3/c1-12(21-15-6-4-14(20-3)5-7-15)16(19)18-10-8-13(17-2)9-11-18/h4-7,12-13,17H,8-11H2,1-3H3. The van der Waals surface area contributed by atoms with E-state index in [4.69, 9.17) is 9.47 Å². The van der Waals surface area contributed by atoms with Crippen molar-refractivity contribution in [3.05, 3.63) is 24.3 Å². The summed E-state index contributed by atoms with van der Waals surface area (Å²) in [6.07, 6.45) is 1.53. The SMILES string of the molecule is CNC1CCN(C(=O)C(C)Oc2ccc(OC)cc2)CC1. The van der Waals surface area contributed by atoms with E-state index in [1.807, 2.05) is 36.2 Å². The van der Waals surface area contributed by atoms with Crippen molar-refractivity contribution in [2.75, 3.05) is 27.2 Å². The van der Waals surface area contributed by atoms with Crippen LogP contribution in [-0.4, -0.2) is 50.2 Å². The molecule has 0 spiro atoms. The van der Waals surface area contributed by atoms with E-state index in [-0.39, 0.29) is 5.91 Å². The van der Waals surface area contributed by atoms with Gasteiger partial charge in [-0.25, -0.2) is 0 Å². The fourth-order valence-electron chi connectivity index (χ4n) is 2.55. The zero-order valence-electron chi connectivity index (χ0n) is 13.0. The molecule has 0 bridgehead atoms. The lowest BCUT2D eigenvalue weighted by atomic mass is 10.0. The molecule has 1 aromatic rings. The molecule has 0 aromatic heterocycles. The van der Waals surface area contributed by atoms with Crippen LogP contribution in [0, 0.1) is 0 Å². The number of ether oxygens (including phenoxy) is 2. The van der Waals surface area contributed by atoms with Crippen LogP contribution in [0.3, 0.4) is 0 Å². The van der Waals surface area contributed by atoms with Crippen molar-refractivity contribution in [1.82, 2.24) is 10.2 Å². The van der Waals surface area contributed by atoms with Crippen LogP contribution >= 0.6 is 0 Å². The van der Waals surface area contributed by atoms with Gasteiger partial charge in [0.25, 0.3) is 5.91 Å². The van der Waals surface area contributed by atoms with Gasteiger partial charge in [-0.15, -0.1) is 0 Å². The summed E-state index contributed by atoms with van der Waals surface area (Å²) in [5.74, 6) is 1.51. The van der Waals surface area contributed by atoms with Crippen LogP contribution in [0.25, 0.3) is 0 Å². The highest BCUT2D eigenvalue weighted by Gasteiger charge is 2.26. The van der Waals surface area contributed by atoms with Crippen molar-refractivity contribution in [2.24, 2.45) is 0 Å². The smallest absolute Gasteiger partial charge is 0.263 e. The summed E-state index contributed by atoms with van der Waals surface area (Å²) < 4.78 is 10.8. The normalized spacial score (nSPS) is 17.4. The molecule has 1 fully saturated rings. The molecule has 1 aromatic carbocycles. The molecular formula is C16H24N2O3. The molecule has 1 atom stereocenters. The zero-order valence-corrected chi connectivity index (χ0v) is 13.0. The maximum Gasteiger partial charge on any atom is 0.263 e. The molecule has 0 radical (unpaired) electrons. The summed E-state index contributed by atoms with van der Waals surface area (Å²) in [4.78, 5) is 14.3. The van der Waals surface area contributed by atoms with Crippen LogP contribution in [0.15, 0.2) is 24.3 Å². The van der Waals surface area contributed by atoms with Crippen molar-refractivity contribution in [3.63, 3.8) is 0 Å². The third-order valence-corrected chi connectivity index (χ3v) is 3.93. The number of nitrogens with zero attached hydrogens (tertiary/aromatic N) is 1. The van der Waals surface area contributed by atoms with Gasteiger partial charge in [0, 0.05) is 19.1 Å². The van der Waals surface area contributed by atoms with Gasteiger partial charge in [0.2, 0.25) is 0 Å². The molecule has 116 valence electrons. The Kier molecular flexibility index (Phi) is 5.44. The Labute approximate surface area is 126 Å². The average molecular weight is 292 g/mol. The molecule has 1 amide bonds. The van der Waals surface area contributed by atoms with Crippen molar-refractivity contribution in [3.8, 4) is 11.5 Å². The van der Waals surface area contributed by atoms with Crippen LogP contribution in [0.1, 0.15) is 19.8 Å². The highest BCUT2D eigenvalue weighted by atomic mass is 16.5. The van der Waals surface area contributed by atoms with Gasteiger partial charge in [0.1, 0.15) is 11.5 Å². The van der Waals surface area contributed by atoms with Crippen LogP contribution in [0.5, 0.6) is 11.5 Å². The van der Waals surface area contributed by atoms with Crippen molar-refractivity contribution < 1.29 is 14.3 Å². The van der Waals surface area contributed by atoms with Crippen molar-refractivity contribution in [1.29, 1.82) is 0 Å². The first-order chi connectivity index (χ1) is 10.1. The maximum atomic E-state index is 12.4. The fourth-order valence-corrected chi connectivity index (χ4v) is 2.55. The first kappa shape index (κ1) is 15.6. The Balaban J connectivity index is 1.87. The largest absolute Gasteiger partial charge is 0.497 e. The second-order valence-electron chi connectivity index (χ2n) is 5.32. The maximum absolute atomic E-state index is 12.4. The lowest BCUT2D eigenvalue weighted by molar-refractivity contribution is -0.139. The summed E-state index contributed by atoms with van der Waals surface area (Å²) >= 11 is 0. The molecule has 2 rings (SSSR count). The van der Waals surface area contributed by atoms with Gasteiger partial charge >= 0.3 is 0 Å². The second-order valence-corrected chi connectivity index (χ2v) is 5.32. The van der Waals surface area contributed by atoms with Gasteiger partial charge < -0.3 is 19.7 Å². The van der Waals surface area contributed by atoms with Gasteiger partial charge in [0.05, 0.1) is 7.11 Å². The number of benzene rings is 1. The molecule has 1 saturated heterocycles. The summed E-state index contributed by atoms with van der Waals surface area (Å²) in [7, 11) is 3.59. The molecule has 5 nitrogen and oxygen atoms in total. The van der Waals surface area contributed by atoms with Crippen molar-refractivity contribution in [2.45, 2.75) is 31.9 Å². The van der Waals surface area contributed by atoms with E-state index in [0.717, 1.165) is 31.7 Å². The number of nitrogens with one attached hydrogen (secondary N) is 1. The predicted octanol–water partition coefficient (Wildman–Crippen LogP) is 1.67. The number of likely N-dealkylation sites (tertiary alicyclic amines) is 1. The minimum atomic E-state index is -0.468. The zero-order chi connectivity index (χ0) is 15.2. The van der Waals surface area contributed by atoms with E-state index in [2.05, 4.69) is 5.32 Å². The van der Waals surface area contributed by atoms with Crippen LogP contribution < -0.4 is 14.8 Å². The number of piperidine rings is 1. The summed E-state index contributed by atoms with van der Waals surface area (Å²) in [5, 5.41) is 3.26. The van der Waals surface area contributed by atoms with Gasteiger partial charge in [-0.05, 0) is 51.1 Å². The van der Waals surface area contributed by atoms with E-state index in [0.29, 0.717) is 11.8 Å². The first-order valence-electron chi connectivity index (χ1n) is 7.40. The van der Waals surface area contributed by atoms with Gasteiger partial charge in [-0.2, -0.15) is 0 Å². The van der Waals surface area contributed by atoms with E-state index in [9.17, 15) is 4.79 Å². The van der Waals surface area contributed by atoms with E-state index in [1.165, 1.54) is 0 Å². The molecule has 1 aliphatic heterocycles.